The summed E-state index contributed by atoms with van der Waals surface area (Å²) in [5.74, 6) is -0.900. The van der Waals surface area contributed by atoms with E-state index in [1.54, 1.807) is 0 Å². The zero-order valence-electron chi connectivity index (χ0n) is 11.9. The average molecular weight is 311 g/mol. The van der Waals surface area contributed by atoms with Crippen molar-refractivity contribution in [1.29, 1.82) is 0 Å². The fourth-order valence-corrected chi connectivity index (χ4v) is 2.26. The van der Waals surface area contributed by atoms with Crippen molar-refractivity contribution in [2.24, 2.45) is 5.92 Å². The number of benzene rings is 1. The molecule has 0 radical (unpaired) electrons. The molecule has 0 spiro atoms. The third-order valence-electron chi connectivity index (χ3n) is 3.61. The molecule has 0 aliphatic heterocycles. The van der Waals surface area contributed by atoms with E-state index in [1.807, 2.05) is 13.8 Å². The van der Waals surface area contributed by atoms with Crippen LogP contribution in [0.3, 0.4) is 0 Å². The molecule has 114 valence electrons. The number of aromatic amines is 2. The molecule has 1 aromatic heterocycles. The highest BCUT2D eigenvalue weighted by molar-refractivity contribution is 7.71. The Morgan fingerprint density at radius 3 is 2.86 bits per heavy atom. The Balaban J connectivity index is 2.21. The first-order valence-corrected chi connectivity index (χ1v) is 7.21. The zero-order chi connectivity index (χ0) is 15.6. The first-order chi connectivity index (χ1) is 9.92. The van der Waals surface area contributed by atoms with Gasteiger partial charge in [-0.25, -0.2) is 4.39 Å². The van der Waals surface area contributed by atoms with Crippen molar-refractivity contribution in [2.75, 3.05) is 6.54 Å². The summed E-state index contributed by atoms with van der Waals surface area (Å²) in [6.45, 7) is 3.99. The lowest BCUT2D eigenvalue weighted by atomic mass is 10.0. The van der Waals surface area contributed by atoms with Gasteiger partial charge >= 0.3 is 0 Å². The Labute approximate surface area is 126 Å². The maximum atomic E-state index is 13.6. The van der Waals surface area contributed by atoms with Crippen LogP contribution in [0.25, 0.3) is 11.0 Å². The molecule has 0 aliphatic carbocycles. The Hall–Kier alpha value is -1.73. The quantitative estimate of drug-likeness (QED) is 0.640. The highest BCUT2D eigenvalue weighted by atomic mass is 32.1. The van der Waals surface area contributed by atoms with Crippen LogP contribution in [-0.2, 0) is 0 Å². The number of rotatable bonds is 5. The van der Waals surface area contributed by atoms with Crippen molar-refractivity contribution in [3.8, 4) is 0 Å². The van der Waals surface area contributed by atoms with Crippen LogP contribution in [0.1, 0.15) is 30.6 Å². The van der Waals surface area contributed by atoms with Gasteiger partial charge in [-0.2, -0.15) is 0 Å². The smallest absolute Gasteiger partial charge is 0.253 e. The number of aliphatic hydroxyl groups is 1. The van der Waals surface area contributed by atoms with Gasteiger partial charge in [-0.1, -0.05) is 20.3 Å². The fraction of sp³-hybridized carbons (Fsp3) is 0.429. The first-order valence-electron chi connectivity index (χ1n) is 6.80. The van der Waals surface area contributed by atoms with E-state index in [4.69, 9.17) is 12.2 Å². The summed E-state index contributed by atoms with van der Waals surface area (Å²) in [6, 6.07) is 2.42. The molecular formula is C14H18FN3O2S. The number of aromatic nitrogens is 2. The van der Waals surface area contributed by atoms with Crippen molar-refractivity contribution in [3.63, 3.8) is 0 Å². The number of halogens is 1. The lowest BCUT2D eigenvalue weighted by molar-refractivity contribution is 0.0851. The van der Waals surface area contributed by atoms with Gasteiger partial charge in [0.15, 0.2) is 4.77 Å². The Kier molecular flexibility index (Phi) is 4.74. The topological polar surface area (TPSA) is 80.9 Å². The van der Waals surface area contributed by atoms with Crippen LogP contribution < -0.4 is 5.32 Å². The molecule has 5 nitrogen and oxygen atoms in total. The summed E-state index contributed by atoms with van der Waals surface area (Å²) < 4.78 is 13.9. The molecular weight excluding hydrogens is 293 g/mol. The van der Waals surface area contributed by atoms with E-state index in [2.05, 4.69) is 15.3 Å². The van der Waals surface area contributed by atoms with Gasteiger partial charge < -0.3 is 20.4 Å². The lowest BCUT2D eigenvalue weighted by Crippen LogP contribution is -2.35. The maximum Gasteiger partial charge on any atom is 0.253 e. The van der Waals surface area contributed by atoms with Gasteiger partial charge in [0, 0.05) is 6.54 Å². The second-order valence-electron chi connectivity index (χ2n) is 5.12. The van der Waals surface area contributed by atoms with Gasteiger partial charge in [0.1, 0.15) is 5.82 Å². The van der Waals surface area contributed by atoms with E-state index < -0.39 is 17.8 Å². The minimum atomic E-state index is -0.632. The number of carbonyl (C=O) groups excluding carboxylic acids is 1. The van der Waals surface area contributed by atoms with Crippen LogP contribution >= 0.6 is 12.2 Å². The van der Waals surface area contributed by atoms with Gasteiger partial charge in [-0.05, 0) is 30.3 Å². The van der Waals surface area contributed by atoms with E-state index in [0.717, 1.165) is 12.5 Å². The van der Waals surface area contributed by atoms with Crippen LogP contribution in [0.15, 0.2) is 12.1 Å². The molecule has 7 heteroatoms. The van der Waals surface area contributed by atoms with Crippen LogP contribution in [0.5, 0.6) is 0 Å². The molecule has 0 aliphatic rings. The third kappa shape index (κ3) is 3.48. The SMILES string of the molecule is CCC(C)C(O)CNC(=O)c1cc(F)cc2[nH]c(=S)[nH]c12. The molecule has 2 aromatic rings. The second kappa shape index (κ2) is 6.36. The molecule has 0 saturated carbocycles. The van der Waals surface area contributed by atoms with Crippen molar-refractivity contribution in [3.05, 3.63) is 28.3 Å². The molecule has 2 unspecified atom stereocenters. The molecule has 1 aromatic carbocycles. The van der Waals surface area contributed by atoms with Crippen molar-refractivity contribution in [1.82, 2.24) is 15.3 Å². The second-order valence-corrected chi connectivity index (χ2v) is 5.53. The third-order valence-corrected chi connectivity index (χ3v) is 3.81. The molecule has 1 heterocycles. The summed E-state index contributed by atoms with van der Waals surface area (Å²) in [7, 11) is 0. The lowest BCUT2D eigenvalue weighted by Gasteiger charge is -2.17. The Bertz CT molecular complexity index is 710. The number of hydrogen-bond acceptors (Lipinski definition) is 3. The largest absolute Gasteiger partial charge is 0.391 e. The van der Waals surface area contributed by atoms with Gasteiger partial charge in [-0.15, -0.1) is 0 Å². The van der Waals surface area contributed by atoms with E-state index in [0.29, 0.717) is 15.8 Å². The molecule has 2 rings (SSSR count). The summed E-state index contributed by atoms with van der Waals surface area (Å²) in [6.07, 6.45) is 0.180. The van der Waals surface area contributed by atoms with Gasteiger partial charge in [0.25, 0.3) is 5.91 Å². The van der Waals surface area contributed by atoms with Gasteiger partial charge in [0.2, 0.25) is 0 Å². The highest BCUT2D eigenvalue weighted by Crippen LogP contribution is 2.18. The van der Waals surface area contributed by atoms with E-state index in [-0.39, 0.29) is 18.0 Å². The Morgan fingerprint density at radius 2 is 2.19 bits per heavy atom. The summed E-state index contributed by atoms with van der Waals surface area (Å²) >= 11 is 4.95. The molecule has 2 atom stereocenters. The fourth-order valence-electron chi connectivity index (χ4n) is 2.05. The van der Waals surface area contributed by atoms with Crippen LogP contribution in [0.4, 0.5) is 4.39 Å². The standard InChI is InChI=1S/C14H18FN3O2S/c1-3-7(2)11(19)6-16-13(20)9-4-8(15)5-10-12(9)18-14(21)17-10/h4-5,7,11,19H,3,6H2,1-2H3,(H,16,20)(H2,17,18,21). The number of carbonyl (C=O) groups is 1. The van der Waals surface area contributed by atoms with Crippen LogP contribution in [0.2, 0.25) is 0 Å². The van der Waals surface area contributed by atoms with E-state index >= 15 is 0 Å². The number of amides is 1. The minimum Gasteiger partial charge on any atom is -0.391 e. The number of fused-ring (bicyclic) bond motifs is 1. The summed E-state index contributed by atoms with van der Waals surface area (Å²) in [5, 5.41) is 12.5. The van der Waals surface area contributed by atoms with Crippen molar-refractivity contribution < 1.29 is 14.3 Å². The maximum absolute atomic E-state index is 13.6. The zero-order valence-corrected chi connectivity index (χ0v) is 12.7. The predicted octanol–water partition coefficient (Wildman–Crippen LogP) is 2.50. The average Bonchev–Trinajstić information content (AvgIpc) is 2.82. The van der Waals surface area contributed by atoms with Crippen LogP contribution in [-0.4, -0.2) is 33.6 Å². The van der Waals surface area contributed by atoms with E-state index in [9.17, 15) is 14.3 Å². The molecule has 0 saturated heterocycles. The normalized spacial score (nSPS) is 14.1. The number of nitrogens with one attached hydrogen (secondary N) is 3. The van der Waals surface area contributed by atoms with Crippen LogP contribution in [0, 0.1) is 16.5 Å². The summed E-state index contributed by atoms with van der Waals surface area (Å²) in [4.78, 5) is 17.8. The number of H-pyrrole nitrogens is 2. The monoisotopic (exact) mass is 311 g/mol. The Morgan fingerprint density at radius 1 is 1.48 bits per heavy atom. The molecule has 4 N–H and O–H groups in total. The number of aliphatic hydroxyl groups excluding tert-OH is 1. The highest BCUT2D eigenvalue weighted by Gasteiger charge is 2.17. The summed E-state index contributed by atoms with van der Waals surface area (Å²) in [5.41, 5.74) is 1.05. The predicted molar refractivity (Wildman–Crippen MR) is 81.2 cm³/mol. The number of imidazole rings is 1. The number of hydrogen-bond donors (Lipinski definition) is 4. The van der Waals surface area contributed by atoms with Gasteiger partial charge in [0.05, 0.1) is 22.7 Å². The van der Waals surface area contributed by atoms with E-state index in [1.165, 1.54) is 6.07 Å². The minimum absolute atomic E-state index is 0.0795. The van der Waals surface area contributed by atoms with Crippen molar-refractivity contribution in [2.45, 2.75) is 26.4 Å². The molecule has 21 heavy (non-hydrogen) atoms. The first kappa shape index (κ1) is 15.7. The molecule has 0 fully saturated rings. The van der Waals surface area contributed by atoms with Crippen molar-refractivity contribution >= 4 is 29.2 Å². The molecule has 1 amide bonds. The van der Waals surface area contributed by atoms with Gasteiger partial charge in [-0.3, -0.25) is 4.79 Å². The molecule has 0 bridgehead atoms.